The number of aromatic nitrogens is 2. The molecule has 0 saturated carbocycles. The van der Waals surface area contributed by atoms with E-state index in [-0.39, 0.29) is 0 Å². The predicted octanol–water partition coefficient (Wildman–Crippen LogP) is 3.87. The van der Waals surface area contributed by atoms with Crippen molar-refractivity contribution in [3.05, 3.63) is 66.4 Å². The molecule has 0 aliphatic heterocycles. The Bertz CT molecular complexity index is 855. The van der Waals surface area contributed by atoms with Crippen LogP contribution >= 0.6 is 0 Å². The Labute approximate surface area is 153 Å². The van der Waals surface area contributed by atoms with Crippen LogP contribution in [0.25, 0.3) is 0 Å². The van der Waals surface area contributed by atoms with Crippen LogP contribution in [0.5, 0.6) is 11.5 Å². The molecule has 0 aliphatic rings. The van der Waals surface area contributed by atoms with E-state index in [0.29, 0.717) is 24.0 Å². The van der Waals surface area contributed by atoms with Crippen molar-refractivity contribution in [2.75, 3.05) is 31.5 Å². The molecule has 1 heterocycles. The Morgan fingerprint density at radius 1 is 0.962 bits per heavy atom. The maximum atomic E-state index is 5.34. The maximum Gasteiger partial charge on any atom is 0.231 e. The molecule has 0 radical (unpaired) electrons. The van der Waals surface area contributed by atoms with E-state index in [4.69, 9.17) is 9.47 Å². The molecular formula is C20H22N4O2. The van der Waals surface area contributed by atoms with Gasteiger partial charge in [-0.2, -0.15) is 4.98 Å². The van der Waals surface area contributed by atoms with Crippen molar-refractivity contribution in [3.8, 4) is 11.5 Å². The van der Waals surface area contributed by atoms with Gasteiger partial charge in [0.05, 0.1) is 14.2 Å². The number of hydrogen-bond donors (Lipinski definition) is 1. The number of anilines is 3. The van der Waals surface area contributed by atoms with E-state index in [2.05, 4.69) is 15.3 Å². The molecule has 0 spiro atoms. The average molecular weight is 350 g/mol. The molecule has 3 aromatic rings. The third-order valence-corrected chi connectivity index (χ3v) is 4.01. The van der Waals surface area contributed by atoms with E-state index in [1.54, 1.807) is 20.4 Å². The monoisotopic (exact) mass is 350 g/mol. The van der Waals surface area contributed by atoms with Crippen LogP contribution in [0, 0.1) is 0 Å². The fourth-order valence-electron chi connectivity index (χ4n) is 2.56. The molecule has 3 rings (SSSR count). The molecule has 26 heavy (non-hydrogen) atoms. The van der Waals surface area contributed by atoms with Gasteiger partial charge in [-0.25, -0.2) is 4.98 Å². The van der Waals surface area contributed by atoms with Crippen LogP contribution in [0.3, 0.4) is 0 Å². The normalized spacial score (nSPS) is 10.3. The number of nitrogens with one attached hydrogen (secondary N) is 1. The second-order valence-corrected chi connectivity index (χ2v) is 5.68. The first kappa shape index (κ1) is 17.5. The summed E-state index contributed by atoms with van der Waals surface area (Å²) in [5.41, 5.74) is 2.10. The molecule has 0 saturated heterocycles. The quantitative estimate of drug-likeness (QED) is 0.698. The predicted molar refractivity (Wildman–Crippen MR) is 103 cm³/mol. The van der Waals surface area contributed by atoms with Crippen molar-refractivity contribution in [2.45, 2.75) is 6.54 Å². The van der Waals surface area contributed by atoms with E-state index in [1.165, 1.54) is 0 Å². The van der Waals surface area contributed by atoms with Gasteiger partial charge in [-0.15, -0.1) is 0 Å². The van der Waals surface area contributed by atoms with Gasteiger partial charge in [0.15, 0.2) is 11.5 Å². The lowest BCUT2D eigenvalue weighted by atomic mass is 10.2. The Morgan fingerprint density at radius 3 is 2.46 bits per heavy atom. The Balaban J connectivity index is 1.71. The summed E-state index contributed by atoms with van der Waals surface area (Å²) in [5.74, 6) is 2.81. The zero-order chi connectivity index (χ0) is 18.4. The number of benzene rings is 2. The summed E-state index contributed by atoms with van der Waals surface area (Å²) >= 11 is 0. The number of para-hydroxylation sites is 1. The fourth-order valence-corrected chi connectivity index (χ4v) is 2.56. The zero-order valence-electron chi connectivity index (χ0n) is 15.1. The summed E-state index contributed by atoms with van der Waals surface area (Å²) in [5, 5.41) is 3.32. The number of hydrogen-bond acceptors (Lipinski definition) is 6. The first-order valence-corrected chi connectivity index (χ1v) is 8.28. The Kier molecular flexibility index (Phi) is 5.53. The maximum absolute atomic E-state index is 5.34. The van der Waals surface area contributed by atoms with Crippen molar-refractivity contribution in [2.24, 2.45) is 0 Å². The SMILES string of the molecule is COc1ccc(CNc2ccnc(N(C)c3ccccc3)n2)cc1OC. The van der Waals surface area contributed by atoms with Gasteiger partial charge in [0.1, 0.15) is 5.82 Å². The third-order valence-electron chi connectivity index (χ3n) is 4.01. The smallest absolute Gasteiger partial charge is 0.231 e. The van der Waals surface area contributed by atoms with E-state index in [1.807, 2.05) is 66.5 Å². The molecule has 0 amide bonds. The lowest BCUT2D eigenvalue weighted by Crippen LogP contribution is -2.14. The van der Waals surface area contributed by atoms with Crippen LogP contribution in [0.4, 0.5) is 17.5 Å². The van der Waals surface area contributed by atoms with Crippen molar-refractivity contribution < 1.29 is 9.47 Å². The van der Waals surface area contributed by atoms with Crippen LogP contribution in [0.1, 0.15) is 5.56 Å². The zero-order valence-corrected chi connectivity index (χ0v) is 15.1. The summed E-state index contributed by atoms with van der Waals surface area (Å²) in [7, 11) is 5.20. The molecule has 1 N–H and O–H groups in total. The molecule has 1 aromatic heterocycles. The molecule has 2 aromatic carbocycles. The van der Waals surface area contributed by atoms with Crippen molar-refractivity contribution in [1.29, 1.82) is 0 Å². The van der Waals surface area contributed by atoms with Crippen LogP contribution in [-0.2, 0) is 6.54 Å². The van der Waals surface area contributed by atoms with Gasteiger partial charge in [-0.3, -0.25) is 0 Å². The van der Waals surface area contributed by atoms with Crippen molar-refractivity contribution in [1.82, 2.24) is 9.97 Å². The minimum Gasteiger partial charge on any atom is -0.493 e. The number of rotatable bonds is 7. The van der Waals surface area contributed by atoms with Crippen molar-refractivity contribution >= 4 is 17.5 Å². The molecule has 0 atom stereocenters. The van der Waals surface area contributed by atoms with Crippen LogP contribution in [0.2, 0.25) is 0 Å². The first-order valence-electron chi connectivity index (χ1n) is 8.28. The minimum atomic E-state index is 0.617. The van der Waals surface area contributed by atoms with Crippen LogP contribution < -0.4 is 19.7 Å². The van der Waals surface area contributed by atoms with E-state index in [9.17, 15) is 0 Å². The summed E-state index contributed by atoms with van der Waals surface area (Å²) in [6.07, 6.45) is 1.75. The van der Waals surface area contributed by atoms with E-state index >= 15 is 0 Å². The highest BCUT2D eigenvalue weighted by Gasteiger charge is 2.08. The molecule has 0 aliphatic carbocycles. The Hall–Kier alpha value is -3.28. The number of ether oxygens (including phenoxy) is 2. The summed E-state index contributed by atoms with van der Waals surface area (Å²) in [4.78, 5) is 10.9. The molecule has 134 valence electrons. The van der Waals surface area contributed by atoms with Crippen molar-refractivity contribution in [3.63, 3.8) is 0 Å². The minimum absolute atomic E-state index is 0.617. The Morgan fingerprint density at radius 2 is 1.73 bits per heavy atom. The summed E-state index contributed by atoms with van der Waals surface area (Å²) < 4.78 is 10.6. The number of methoxy groups -OCH3 is 2. The summed E-state index contributed by atoms with van der Waals surface area (Å²) in [6.45, 7) is 0.617. The fraction of sp³-hybridized carbons (Fsp3) is 0.200. The molecule has 0 fully saturated rings. The third kappa shape index (κ3) is 4.03. The lowest BCUT2D eigenvalue weighted by Gasteiger charge is -2.17. The van der Waals surface area contributed by atoms with Gasteiger partial charge in [0, 0.05) is 25.5 Å². The van der Waals surface area contributed by atoms with Gasteiger partial charge >= 0.3 is 0 Å². The van der Waals surface area contributed by atoms with E-state index in [0.717, 1.165) is 17.1 Å². The largest absolute Gasteiger partial charge is 0.493 e. The van der Waals surface area contributed by atoms with Crippen LogP contribution in [0.15, 0.2) is 60.8 Å². The highest BCUT2D eigenvalue weighted by Crippen LogP contribution is 2.28. The molecule has 0 unspecified atom stereocenters. The van der Waals surface area contributed by atoms with Gasteiger partial charge < -0.3 is 19.7 Å². The van der Waals surface area contributed by atoms with E-state index < -0.39 is 0 Å². The second kappa shape index (κ2) is 8.20. The molecule has 6 heteroatoms. The molecule has 6 nitrogen and oxygen atoms in total. The highest BCUT2D eigenvalue weighted by molar-refractivity contribution is 5.57. The topological polar surface area (TPSA) is 59.5 Å². The van der Waals surface area contributed by atoms with Gasteiger partial charge in [0.25, 0.3) is 0 Å². The molecular weight excluding hydrogens is 328 g/mol. The van der Waals surface area contributed by atoms with Crippen LogP contribution in [-0.4, -0.2) is 31.2 Å². The lowest BCUT2D eigenvalue weighted by molar-refractivity contribution is 0.354. The first-order chi connectivity index (χ1) is 12.7. The molecule has 0 bridgehead atoms. The van der Waals surface area contributed by atoms with Gasteiger partial charge in [-0.1, -0.05) is 24.3 Å². The second-order valence-electron chi connectivity index (χ2n) is 5.68. The number of nitrogens with zero attached hydrogens (tertiary/aromatic N) is 3. The van der Waals surface area contributed by atoms with Gasteiger partial charge in [0.2, 0.25) is 5.95 Å². The summed E-state index contributed by atoms with van der Waals surface area (Å²) in [6, 6.07) is 17.7. The highest BCUT2D eigenvalue weighted by atomic mass is 16.5. The standard InChI is InChI=1S/C20H22N4O2/c1-24(16-7-5-4-6-8-16)20-21-12-11-19(23-20)22-14-15-9-10-17(25-2)18(13-15)26-3/h4-13H,14H2,1-3H3,(H,21,22,23). The average Bonchev–Trinajstić information content (AvgIpc) is 2.72. The van der Waals surface area contributed by atoms with Gasteiger partial charge in [-0.05, 0) is 35.9 Å².